The highest BCUT2D eigenvalue weighted by Crippen LogP contribution is 2.27. The Morgan fingerprint density at radius 3 is 2.83 bits per heavy atom. The van der Waals surface area contributed by atoms with Gasteiger partial charge in [0.15, 0.2) is 0 Å². The number of rotatable bonds is 3. The maximum atomic E-state index is 5.45. The highest BCUT2D eigenvalue weighted by Gasteiger charge is 2.18. The maximum absolute atomic E-state index is 5.45. The monoisotopic (exact) mass is 245 g/mol. The SMILES string of the molecule is c1cc(CC2CCCN2)cc(C2CCOCC2)c1. The summed E-state index contributed by atoms with van der Waals surface area (Å²) in [5.74, 6) is 0.718. The second-order valence-corrected chi connectivity index (χ2v) is 5.63. The van der Waals surface area contributed by atoms with Crippen LogP contribution in [0, 0.1) is 0 Å². The van der Waals surface area contributed by atoms with Crippen LogP contribution in [0.25, 0.3) is 0 Å². The standard InChI is InChI=1S/C16H23NO/c1-3-13(12-16-5-2-8-17-16)11-15(4-1)14-6-9-18-10-7-14/h1,3-4,11,14,16-17H,2,5-10,12H2. The van der Waals surface area contributed by atoms with Crippen LogP contribution >= 0.6 is 0 Å². The summed E-state index contributed by atoms with van der Waals surface area (Å²) in [4.78, 5) is 0. The highest BCUT2D eigenvalue weighted by atomic mass is 16.5. The molecule has 18 heavy (non-hydrogen) atoms. The zero-order valence-corrected chi connectivity index (χ0v) is 11.0. The van der Waals surface area contributed by atoms with Crippen molar-refractivity contribution in [2.24, 2.45) is 0 Å². The Labute approximate surface area is 110 Å². The summed E-state index contributed by atoms with van der Waals surface area (Å²) in [5.41, 5.74) is 3.02. The fourth-order valence-corrected chi connectivity index (χ4v) is 3.22. The van der Waals surface area contributed by atoms with Gasteiger partial charge in [0, 0.05) is 19.3 Å². The van der Waals surface area contributed by atoms with Crippen molar-refractivity contribution in [1.82, 2.24) is 5.32 Å². The number of nitrogens with one attached hydrogen (secondary N) is 1. The van der Waals surface area contributed by atoms with E-state index in [1.807, 2.05) is 0 Å². The first-order chi connectivity index (χ1) is 8.92. The molecule has 2 heterocycles. The Morgan fingerprint density at radius 2 is 2.06 bits per heavy atom. The molecular formula is C16H23NO. The van der Waals surface area contributed by atoms with Gasteiger partial charge in [0.1, 0.15) is 0 Å². The van der Waals surface area contributed by atoms with Crippen LogP contribution in [0.15, 0.2) is 24.3 Å². The van der Waals surface area contributed by atoms with E-state index in [9.17, 15) is 0 Å². The summed E-state index contributed by atoms with van der Waals surface area (Å²) in [6.45, 7) is 3.06. The first-order valence-electron chi connectivity index (χ1n) is 7.32. The van der Waals surface area contributed by atoms with Crippen LogP contribution in [0.4, 0.5) is 0 Å². The molecule has 1 atom stereocenters. The van der Waals surface area contributed by atoms with Gasteiger partial charge in [-0.25, -0.2) is 0 Å². The molecule has 2 aliphatic heterocycles. The molecule has 2 heteroatoms. The third kappa shape index (κ3) is 2.93. The van der Waals surface area contributed by atoms with Gasteiger partial charge in [-0.1, -0.05) is 24.3 Å². The average Bonchev–Trinajstić information content (AvgIpc) is 2.93. The normalized spacial score (nSPS) is 25.4. The van der Waals surface area contributed by atoms with E-state index in [0.29, 0.717) is 6.04 Å². The van der Waals surface area contributed by atoms with E-state index in [0.717, 1.165) is 19.1 Å². The molecular weight excluding hydrogens is 222 g/mol. The number of ether oxygens (including phenoxy) is 1. The smallest absolute Gasteiger partial charge is 0.0471 e. The average molecular weight is 245 g/mol. The van der Waals surface area contributed by atoms with Crippen molar-refractivity contribution in [2.45, 2.75) is 44.1 Å². The van der Waals surface area contributed by atoms with Crippen LogP contribution in [0.1, 0.15) is 42.7 Å². The molecule has 0 bridgehead atoms. The molecule has 2 nitrogen and oxygen atoms in total. The molecule has 0 aliphatic carbocycles. The number of hydrogen-bond donors (Lipinski definition) is 1. The molecule has 1 unspecified atom stereocenters. The van der Waals surface area contributed by atoms with Gasteiger partial charge in [-0.3, -0.25) is 0 Å². The van der Waals surface area contributed by atoms with Crippen molar-refractivity contribution in [2.75, 3.05) is 19.8 Å². The zero-order valence-electron chi connectivity index (χ0n) is 11.0. The lowest BCUT2D eigenvalue weighted by Crippen LogP contribution is -2.23. The Balaban J connectivity index is 1.67. The van der Waals surface area contributed by atoms with Crippen LogP contribution in [0.5, 0.6) is 0 Å². The lowest BCUT2D eigenvalue weighted by molar-refractivity contribution is 0.0853. The van der Waals surface area contributed by atoms with Gasteiger partial charge in [0.2, 0.25) is 0 Å². The minimum atomic E-state index is 0.704. The van der Waals surface area contributed by atoms with Crippen molar-refractivity contribution in [3.8, 4) is 0 Å². The molecule has 2 saturated heterocycles. The van der Waals surface area contributed by atoms with Gasteiger partial charge in [-0.2, -0.15) is 0 Å². The lowest BCUT2D eigenvalue weighted by Gasteiger charge is -2.23. The molecule has 2 aliphatic rings. The summed E-state index contributed by atoms with van der Waals surface area (Å²) in [5, 5.41) is 3.58. The highest BCUT2D eigenvalue weighted by molar-refractivity contribution is 5.27. The van der Waals surface area contributed by atoms with E-state index in [4.69, 9.17) is 4.74 Å². The first-order valence-corrected chi connectivity index (χ1v) is 7.32. The van der Waals surface area contributed by atoms with Crippen LogP contribution in [-0.4, -0.2) is 25.8 Å². The van der Waals surface area contributed by atoms with Crippen LogP contribution in [-0.2, 0) is 11.2 Å². The first kappa shape index (κ1) is 12.2. The summed E-state index contributed by atoms with van der Waals surface area (Å²) in [7, 11) is 0. The molecule has 0 radical (unpaired) electrons. The Kier molecular flexibility index (Phi) is 3.96. The van der Waals surface area contributed by atoms with Crippen molar-refractivity contribution in [1.29, 1.82) is 0 Å². The molecule has 1 aromatic carbocycles. The maximum Gasteiger partial charge on any atom is 0.0471 e. The molecule has 2 fully saturated rings. The Hall–Kier alpha value is -0.860. The van der Waals surface area contributed by atoms with Crippen molar-refractivity contribution < 1.29 is 4.74 Å². The van der Waals surface area contributed by atoms with Gasteiger partial charge in [0.05, 0.1) is 0 Å². The Bertz CT molecular complexity index is 378. The zero-order chi connectivity index (χ0) is 12.2. The summed E-state index contributed by atoms with van der Waals surface area (Å²) >= 11 is 0. The van der Waals surface area contributed by atoms with E-state index >= 15 is 0 Å². The summed E-state index contributed by atoms with van der Waals surface area (Å²) in [6, 6.07) is 9.94. The largest absolute Gasteiger partial charge is 0.381 e. The van der Waals surface area contributed by atoms with Crippen LogP contribution < -0.4 is 5.32 Å². The number of hydrogen-bond acceptors (Lipinski definition) is 2. The predicted molar refractivity (Wildman–Crippen MR) is 74.0 cm³/mol. The van der Waals surface area contributed by atoms with Crippen LogP contribution in [0.2, 0.25) is 0 Å². The van der Waals surface area contributed by atoms with Crippen molar-refractivity contribution in [3.05, 3.63) is 35.4 Å². The van der Waals surface area contributed by atoms with E-state index in [1.54, 1.807) is 0 Å². The van der Waals surface area contributed by atoms with Gasteiger partial charge >= 0.3 is 0 Å². The van der Waals surface area contributed by atoms with Gasteiger partial charge in [0.25, 0.3) is 0 Å². The Morgan fingerprint density at radius 1 is 1.17 bits per heavy atom. The fourth-order valence-electron chi connectivity index (χ4n) is 3.22. The lowest BCUT2D eigenvalue weighted by atomic mass is 9.90. The molecule has 0 spiro atoms. The molecule has 3 rings (SSSR count). The molecule has 0 amide bonds. The van der Waals surface area contributed by atoms with Gasteiger partial charge in [-0.05, 0) is 55.7 Å². The summed E-state index contributed by atoms with van der Waals surface area (Å²) < 4.78 is 5.45. The van der Waals surface area contributed by atoms with Crippen LogP contribution in [0.3, 0.4) is 0 Å². The second-order valence-electron chi connectivity index (χ2n) is 5.63. The van der Waals surface area contributed by atoms with Gasteiger partial charge in [-0.15, -0.1) is 0 Å². The second kappa shape index (κ2) is 5.85. The topological polar surface area (TPSA) is 21.3 Å². The molecule has 0 aromatic heterocycles. The summed E-state index contributed by atoms with van der Waals surface area (Å²) in [6.07, 6.45) is 6.24. The van der Waals surface area contributed by atoms with Crippen molar-refractivity contribution >= 4 is 0 Å². The van der Waals surface area contributed by atoms with Gasteiger partial charge < -0.3 is 10.1 Å². The molecule has 1 N–H and O–H groups in total. The van der Waals surface area contributed by atoms with Crippen molar-refractivity contribution in [3.63, 3.8) is 0 Å². The predicted octanol–water partition coefficient (Wildman–Crippen LogP) is 2.88. The molecule has 1 aromatic rings. The minimum Gasteiger partial charge on any atom is -0.381 e. The minimum absolute atomic E-state index is 0.704. The fraction of sp³-hybridized carbons (Fsp3) is 0.625. The van der Waals surface area contributed by atoms with E-state index < -0.39 is 0 Å². The van der Waals surface area contributed by atoms with E-state index in [-0.39, 0.29) is 0 Å². The quantitative estimate of drug-likeness (QED) is 0.884. The van der Waals surface area contributed by atoms with E-state index in [2.05, 4.69) is 29.6 Å². The molecule has 0 saturated carbocycles. The third-order valence-electron chi connectivity index (χ3n) is 4.29. The molecule has 98 valence electrons. The van der Waals surface area contributed by atoms with E-state index in [1.165, 1.54) is 49.8 Å². The number of benzene rings is 1. The third-order valence-corrected chi connectivity index (χ3v) is 4.29.